The lowest BCUT2D eigenvalue weighted by molar-refractivity contribution is -0.384. The molecule has 0 N–H and O–H groups in total. The van der Waals surface area contributed by atoms with Crippen molar-refractivity contribution < 1.29 is 24.0 Å². The molecule has 28 heavy (non-hydrogen) atoms. The van der Waals surface area contributed by atoms with Crippen LogP contribution in [0.4, 0.5) is 5.69 Å². The van der Waals surface area contributed by atoms with Crippen molar-refractivity contribution in [2.75, 3.05) is 13.2 Å². The van der Waals surface area contributed by atoms with Gasteiger partial charge in [0.15, 0.2) is 0 Å². The van der Waals surface area contributed by atoms with E-state index in [1.54, 1.807) is 57.2 Å². The number of nitrogens with zero attached hydrogens (tertiary/aromatic N) is 1. The molecule has 0 spiro atoms. The van der Waals surface area contributed by atoms with Gasteiger partial charge in [0.25, 0.3) is 5.69 Å². The predicted octanol–water partition coefficient (Wildman–Crippen LogP) is 4.16. The lowest BCUT2D eigenvalue weighted by Crippen LogP contribution is -2.19. The summed E-state index contributed by atoms with van der Waals surface area (Å²) in [6.07, 6.45) is 0. The number of carbonyl (C=O) groups is 2. The van der Waals surface area contributed by atoms with Crippen molar-refractivity contribution in [2.45, 2.75) is 20.8 Å². The Morgan fingerprint density at radius 2 is 1.46 bits per heavy atom. The number of hydrogen-bond donors (Lipinski definition) is 0. The van der Waals surface area contributed by atoms with E-state index in [2.05, 4.69) is 0 Å². The number of allylic oxidation sites excluding steroid dienone is 1. The summed E-state index contributed by atoms with van der Waals surface area (Å²) >= 11 is 0. The Morgan fingerprint density at radius 1 is 0.929 bits per heavy atom. The summed E-state index contributed by atoms with van der Waals surface area (Å²) < 4.78 is 10.00. The Balaban J connectivity index is 2.53. The summed E-state index contributed by atoms with van der Waals surface area (Å²) in [5, 5.41) is 11.0. The highest BCUT2D eigenvalue weighted by atomic mass is 16.6. The van der Waals surface area contributed by atoms with Crippen LogP contribution in [0.25, 0.3) is 16.7 Å². The van der Waals surface area contributed by atoms with Crippen molar-refractivity contribution in [3.8, 4) is 11.1 Å². The maximum Gasteiger partial charge on any atom is 0.345 e. The van der Waals surface area contributed by atoms with Gasteiger partial charge >= 0.3 is 11.9 Å². The lowest BCUT2D eigenvalue weighted by atomic mass is 9.96. The molecule has 0 atom stereocenters. The summed E-state index contributed by atoms with van der Waals surface area (Å²) in [7, 11) is 0. The molecule has 0 heterocycles. The molecule has 2 rings (SSSR count). The monoisotopic (exact) mass is 383 g/mol. The van der Waals surface area contributed by atoms with E-state index in [9.17, 15) is 19.7 Å². The Hall–Kier alpha value is -3.48. The van der Waals surface area contributed by atoms with Gasteiger partial charge in [0.1, 0.15) is 5.57 Å². The van der Waals surface area contributed by atoms with Crippen molar-refractivity contribution in [1.29, 1.82) is 0 Å². The van der Waals surface area contributed by atoms with Crippen LogP contribution in [0.5, 0.6) is 0 Å². The molecule has 0 amide bonds. The second-order valence-corrected chi connectivity index (χ2v) is 5.83. The number of carbonyl (C=O) groups excluding carboxylic acids is 2. The highest BCUT2D eigenvalue weighted by Crippen LogP contribution is 2.28. The second kappa shape index (κ2) is 9.45. The molecule has 0 aliphatic rings. The Labute approximate surface area is 162 Å². The highest BCUT2D eigenvalue weighted by Gasteiger charge is 2.24. The van der Waals surface area contributed by atoms with Crippen molar-refractivity contribution in [3.05, 3.63) is 69.8 Å². The van der Waals surface area contributed by atoms with Crippen LogP contribution in [0.2, 0.25) is 0 Å². The molecule has 0 saturated heterocycles. The smallest absolute Gasteiger partial charge is 0.345 e. The fourth-order valence-corrected chi connectivity index (χ4v) is 2.67. The van der Waals surface area contributed by atoms with Gasteiger partial charge in [0.2, 0.25) is 0 Å². The molecule has 7 heteroatoms. The van der Waals surface area contributed by atoms with Crippen molar-refractivity contribution >= 4 is 23.2 Å². The van der Waals surface area contributed by atoms with Crippen LogP contribution in [0.15, 0.2) is 54.1 Å². The fourth-order valence-electron chi connectivity index (χ4n) is 2.67. The lowest BCUT2D eigenvalue weighted by Gasteiger charge is -2.12. The maximum absolute atomic E-state index is 12.3. The molecule has 0 radical (unpaired) electrons. The van der Waals surface area contributed by atoms with E-state index < -0.39 is 16.9 Å². The van der Waals surface area contributed by atoms with Crippen molar-refractivity contribution in [2.24, 2.45) is 0 Å². The molecular weight excluding hydrogens is 362 g/mol. The fraction of sp³-hybridized carbons (Fsp3) is 0.238. The zero-order valence-electron chi connectivity index (χ0n) is 15.9. The first-order valence-electron chi connectivity index (χ1n) is 8.79. The zero-order valence-corrected chi connectivity index (χ0v) is 15.9. The van der Waals surface area contributed by atoms with Crippen LogP contribution in [0, 0.1) is 10.1 Å². The minimum Gasteiger partial charge on any atom is -0.462 e. The molecule has 0 bridgehead atoms. The molecule has 7 nitrogen and oxygen atoms in total. The van der Waals surface area contributed by atoms with Gasteiger partial charge in [0.05, 0.1) is 18.1 Å². The third-order valence-electron chi connectivity index (χ3n) is 4.02. The van der Waals surface area contributed by atoms with Gasteiger partial charge in [-0.2, -0.15) is 0 Å². The van der Waals surface area contributed by atoms with Crippen LogP contribution < -0.4 is 0 Å². The number of nitro benzene ring substituents is 1. The van der Waals surface area contributed by atoms with Crippen LogP contribution in [-0.2, 0) is 19.1 Å². The molecule has 2 aromatic rings. The first kappa shape index (κ1) is 20.8. The second-order valence-electron chi connectivity index (χ2n) is 5.83. The third kappa shape index (κ3) is 4.82. The number of nitro groups is 1. The molecule has 0 aliphatic heterocycles. The molecule has 0 aliphatic carbocycles. The van der Waals surface area contributed by atoms with E-state index in [-0.39, 0.29) is 24.5 Å². The maximum atomic E-state index is 12.3. The van der Waals surface area contributed by atoms with Gasteiger partial charge in [0, 0.05) is 12.1 Å². The average molecular weight is 383 g/mol. The summed E-state index contributed by atoms with van der Waals surface area (Å²) in [5.74, 6) is -1.50. The Morgan fingerprint density at radius 3 is 2.00 bits per heavy atom. The zero-order chi connectivity index (χ0) is 20.7. The van der Waals surface area contributed by atoms with Gasteiger partial charge in [-0.1, -0.05) is 30.3 Å². The Bertz CT molecular complexity index is 912. The molecule has 0 saturated carbocycles. The van der Waals surface area contributed by atoms with E-state index in [0.29, 0.717) is 22.3 Å². The first-order valence-corrected chi connectivity index (χ1v) is 8.79. The SMILES string of the molecule is CCOC(=O)C(C(=O)OCC)=C(C)c1cccc(-c2cccc([N+](=O)[O-])c2)c1. The van der Waals surface area contributed by atoms with Gasteiger partial charge < -0.3 is 9.47 Å². The van der Waals surface area contributed by atoms with E-state index in [4.69, 9.17) is 9.47 Å². The minimum atomic E-state index is -0.751. The minimum absolute atomic E-state index is 0.0195. The molecule has 0 aromatic heterocycles. The molecule has 0 unspecified atom stereocenters. The summed E-state index contributed by atoms with van der Waals surface area (Å²) in [5.41, 5.74) is 2.20. The van der Waals surface area contributed by atoms with Gasteiger partial charge in [-0.3, -0.25) is 10.1 Å². The van der Waals surface area contributed by atoms with E-state index >= 15 is 0 Å². The van der Waals surface area contributed by atoms with Crippen LogP contribution >= 0.6 is 0 Å². The molecule has 146 valence electrons. The predicted molar refractivity (Wildman–Crippen MR) is 104 cm³/mol. The quantitative estimate of drug-likeness (QED) is 0.178. The van der Waals surface area contributed by atoms with E-state index in [1.807, 2.05) is 0 Å². The van der Waals surface area contributed by atoms with Crippen LogP contribution in [-0.4, -0.2) is 30.1 Å². The molecule has 2 aromatic carbocycles. The topological polar surface area (TPSA) is 95.7 Å². The van der Waals surface area contributed by atoms with Gasteiger partial charge in [-0.25, -0.2) is 9.59 Å². The summed E-state index contributed by atoms with van der Waals surface area (Å²) in [6.45, 7) is 5.19. The standard InChI is InChI=1S/C21H21NO6/c1-4-27-20(23)19(21(24)28-5-2)14(3)15-8-6-9-16(12-15)17-10-7-11-18(13-17)22(25)26/h6-13H,4-5H2,1-3H3. The van der Waals surface area contributed by atoms with Crippen molar-refractivity contribution in [3.63, 3.8) is 0 Å². The first-order chi connectivity index (χ1) is 13.4. The number of non-ortho nitro benzene ring substituents is 1. The average Bonchev–Trinajstić information content (AvgIpc) is 2.68. The summed E-state index contributed by atoms with van der Waals surface area (Å²) in [6, 6.07) is 13.3. The number of esters is 2. The summed E-state index contributed by atoms with van der Waals surface area (Å²) in [4.78, 5) is 35.1. The molecular formula is C21H21NO6. The van der Waals surface area contributed by atoms with Gasteiger partial charge in [-0.05, 0) is 49.1 Å². The van der Waals surface area contributed by atoms with Gasteiger partial charge in [-0.15, -0.1) is 0 Å². The molecule has 0 fully saturated rings. The number of ether oxygens (including phenoxy) is 2. The third-order valence-corrected chi connectivity index (χ3v) is 4.02. The van der Waals surface area contributed by atoms with E-state index in [0.717, 1.165) is 0 Å². The largest absolute Gasteiger partial charge is 0.462 e. The van der Waals surface area contributed by atoms with Crippen molar-refractivity contribution in [1.82, 2.24) is 0 Å². The Kier molecular flexibility index (Phi) is 7.03. The number of benzene rings is 2. The number of rotatable bonds is 7. The van der Waals surface area contributed by atoms with Crippen LogP contribution in [0.3, 0.4) is 0 Å². The highest BCUT2D eigenvalue weighted by molar-refractivity contribution is 6.19. The number of hydrogen-bond acceptors (Lipinski definition) is 6. The van der Waals surface area contributed by atoms with Crippen LogP contribution in [0.1, 0.15) is 26.3 Å². The van der Waals surface area contributed by atoms with E-state index in [1.165, 1.54) is 12.1 Å². The normalized spacial score (nSPS) is 10.1.